The fraction of sp³-hybridized carbons (Fsp3) is 0.800. The van der Waals surface area contributed by atoms with Gasteiger partial charge in [0, 0.05) is 11.7 Å². The first-order chi connectivity index (χ1) is 8.00. The minimum absolute atomic E-state index is 0.311. The summed E-state index contributed by atoms with van der Waals surface area (Å²) in [5.41, 5.74) is -0.851. The summed E-state index contributed by atoms with van der Waals surface area (Å²) in [6.45, 7) is 3.68. The molecule has 1 aliphatic heterocycles. The number of carbonyl (C=O) groups is 1. The van der Waals surface area contributed by atoms with Crippen LogP contribution in [0.1, 0.15) is 32.0 Å². The smallest absolute Gasteiger partial charge is 0.310 e. The van der Waals surface area contributed by atoms with Gasteiger partial charge in [-0.15, -0.1) is 5.10 Å². The molecule has 1 N–H and O–H groups in total. The molecule has 1 aliphatic rings. The van der Waals surface area contributed by atoms with Crippen LogP contribution in [0, 0.1) is 5.41 Å². The Hall–Kier alpha value is -1.11. The van der Waals surface area contributed by atoms with Crippen molar-refractivity contribution in [1.82, 2.24) is 20.2 Å². The molecule has 2 rings (SSSR count). The molecular weight excluding hydrogens is 240 g/mol. The van der Waals surface area contributed by atoms with E-state index in [2.05, 4.69) is 15.5 Å². The highest BCUT2D eigenvalue weighted by atomic mass is 32.2. The van der Waals surface area contributed by atoms with Crippen molar-refractivity contribution in [3.05, 3.63) is 5.82 Å². The first-order valence-corrected chi connectivity index (χ1v) is 6.73. The van der Waals surface area contributed by atoms with E-state index in [-0.39, 0.29) is 0 Å². The maximum atomic E-state index is 11.1. The van der Waals surface area contributed by atoms with Crippen LogP contribution in [-0.4, -0.2) is 42.8 Å². The van der Waals surface area contributed by atoms with Crippen molar-refractivity contribution >= 4 is 17.7 Å². The van der Waals surface area contributed by atoms with E-state index in [4.69, 9.17) is 5.11 Å². The van der Waals surface area contributed by atoms with Crippen LogP contribution in [0.15, 0.2) is 0 Å². The van der Waals surface area contributed by atoms with Crippen LogP contribution in [0.3, 0.4) is 0 Å². The highest BCUT2D eigenvalue weighted by molar-refractivity contribution is 7.99. The molecule has 17 heavy (non-hydrogen) atoms. The van der Waals surface area contributed by atoms with Crippen molar-refractivity contribution < 1.29 is 9.90 Å². The number of hydrogen-bond donors (Lipinski definition) is 1. The third-order valence-corrected chi connectivity index (χ3v) is 4.14. The number of nitrogens with zero attached hydrogens (tertiary/aromatic N) is 4. The number of carboxylic acid groups (broad SMARTS) is 1. The maximum Gasteiger partial charge on any atom is 0.310 e. The van der Waals surface area contributed by atoms with Crippen molar-refractivity contribution in [2.24, 2.45) is 5.41 Å². The number of aromatic nitrogens is 4. The zero-order valence-corrected chi connectivity index (χ0v) is 10.8. The highest BCUT2D eigenvalue weighted by Crippen LogP contribution is 2.31. The monoisotopic (exact) mass is 256 g/mol. The Balaban J connectivity index is 2.16. The largest absolute Gasteiger partial charge is 0.481 e. The fourth-order valence-corrected chi connectivity index (χ4v) is 3.01. The summed E-state index contributed by atoms with van der Waals surface area (Å²) in [4.78, 5) is 11.1. The van der Waals surface area contributed by atoms with E-state index in [1.54, 1.807) is 18.5 Å². The van der Waals surface area contributed by atoms with Crippen LogP contribution in [0.25, 0.3) is 0 Å². The fourth-order valence-electron chi connectivity index (χ4n) is 1.80. The van der Waals surface area contributed by atoms with Gasteiger partial charge in [0.25, 0.3) is 0 Å². The SMILES string of the molecule is CC(C)(Cn1nnnc1C1CCSC1)C(=O)O. The van der Waals surface area contributed by atoms with Crippen LogP contribution in [0.2, 0.25) is 0 Å². The van der Waals surface area contributed by atoms with Crippen molar-refractivity contribution in [2.45, 2.75) is 32.7 Å². The Kier molecular flexibility index (Phi) is 3.37. The molecule has 94 valence electrons. The summed E-state index contributed by atoms with van der Waals surface area (Å²) in [6, 6.07) is 0. The van der Waals surface area contributed by atoms with Gasteiger partial charge in [0.05, 0.1) is 12.0 Å². The Morgan fingerprint density at radius 2 is 2.41 bits per heavy atom. The molecule has 2 heterocycles. The molecule has 0 amide bonds. The molecule has 1 saturated heterocycles. The van der Waals surface area contributed by atoms with E-state index in [1.165, 1.54) is 0 Å². The Morgan fingerprint density at radius 1 is 1.65 bits per heavy atom. The van der Waals surface area contributed by atoms with Gasteiger partial charge in [0.2, 0.25) is 0 Å². The number of thioether (sulfide) groups is 1. The third-order valence-electron chi connectivity index (χ3n) is 2.98. The van der Waals surface area contributed by atoms with Crippen molar-refractivity contribution in [2.75, 3.05) is 11.5 Å². The minimum atomic E-state index is -0.851. The molecule has 1 atom stereocenters. The summed E-state index contributed by atoms with van der Waals surface area (Å²) in [5, 5.41) is 20.7. The molecule has 0 radical (unpaired) electrons. The lowest BCUT2D eigenvalue weighted by atomic mass is 9.94. The van der Waals surface area contributed by atoms with Gasteiger partial charge in [-0.25, -0.2) is 4.68 Å². The Labute approximate surface area is 104 Å². The summed E-state index contributed by atoms with van der Waals surface area (Å²) in [6.07, 6.45) is 1.07. The number of hydrogen-bond acceptors (Lipinski definition) is 5. The van der Waals surface area contributed by atoms with Gasteiger partial charge in [-0.05, 0) is 36.4 Å². The predicted molar refractivity (Wildman–Crippen MR) is 63.9 cm³/mol. The summed E-state index contributed by atoms with van der Waals surface area (Å²) in [7, 11) is 0. The van der Waals surface area contributed by atoms with Gasteiger partial charge < -0.3 is 5.11 Å². The lowest BCUT2D eigenvalue weighted by Crippen LogP contribution is -2.30. The Bertz CT molecular complexity index is 412. The Morgan fingerprint density at radius 3 is 3.00 bits per heavy atom. The normalized spacial score (nSPS) is 20.7. The van der Waals surface area contributed by atoms with Crippen LogP contribution < -0.4 is 0 Å². The first kappa shape index (κ1) is 12.3. The number of carboxylic acids is 1. The molecule has 0 aromatic carbocycles. The van der Waals surface area contributed by atoms with Crippen LogP contribution in [-0.2, 0) is 11.3 Å². The maximum absolute atomic E-state index is 11.1. The molecule has 0 aliphatic carbocycles. The van der Waals surface area contributed by atoms with Gasteiger partial charge in [-0.2, -0.15) is 11.8 Å². The summed E-state index contributed by atoms with van der Waals surface area (Å²) in [5.74, 6) is 2.50. The molecule has 0 bridgehead atoms. The first-order valence-electron chi connectivity index (χ1n) is 5.58. The lowest BCUT2D eigenvalue weighted by molar-refractivity contribution is -0.147. The number of tetrazole rings is 1. The number of aliphatic carboxylic acids is 1. The van der Waals surface area contributed by atoms with Crippen molar-refractivity contribution in [3.63, 3.8) is 0 Å². The standard InChI is InChI=1S/C10H16N4O2S/c1-10(2,9(15)16)6-14-8(11-12-13-14)7-3-4-17-5-7/h7H,3-6H2,1-2H3,(H,15,16). The zero-order valence-electron chi connectivity index (χ0n) is 9.96. The highest BCUT2D eigenvalue weighted by Gasteiger charge is 2.31. The van der Waals surface area contributed by atoms with Gasteiger partial charge in [-0.3, -0.25) is 4.79 Å². The quantitative estimate of drug-likeness (QED) is 0.865. The average Bonchev–Trinajstić information content (AvgIpc) is 2.85. The van der Waals surface area contributed by atoms with Gasteiger partial charge in [0.15, 0.2) is 5.82 Å². The summed E-state index contributed by atoms with van der Waals surface area (Å²) < 4.78 is 1.64. The molecule has 1 aromatic heterocycles. The topological polar surface area (TPSA) is 80.9 Å². The predicted octanol–water partition coefficient (Wildman–Crippen LogP) is 1.00. The van der Waals surface area contributed by atoms with E-state index >= 15 is 0 Å². The second-order valence-electron chi connectivity index (χ2n) is 4.94. The van der Waals surface area contributed by atoms with Gasteiger partial charge in [0.1, 0.15) is 0 Å². The third kappa shape index (κ3) is 2.59. The van der Waals surface area contributed by atoms with Gasteiger partial charge >= 0.3 is 5.97 Å². The molecule has 0 saturated carbocycles. The van der Waals surface area contributed by atoms with E-state index < -0.39 is 11.4 Å². The van der Waals surface area contributed by atoms with Crippen LogP contribution >= 0.6 is 11.8 Å². The van der Waals surface area contributed by atoms with E-state index in [1.807, 2.05) is 11.8 Å². The molecule has 6 nitrogen and oxygen atoms in total. The lowest BCUT2D eigenvalue weighted by Gasteiger charge is -2.20. The van der Waals surface area contributed by atoms with Crippen LogP contribution in [0.4, 0.5) is 0 Å². The number of rotatable bonds is 4. The van der Waals surface area contributed by atoms with Crippen LogP contribution in [0.5, 0.6) is 0 Å². The second-order valence-corrected chi connectivity index (χ2v) is 6.09. The molecular formula is C10H16N4O2S. The molecule has 1 aromatic rings. The van der Waals surface area contributed by atoms with Gasteiger partial charge in [-0.1, -0.05) is 0 Å². The minimum Gasteiger partial charge on any atom is -0.481 e. The van der Waals surface area contributed by atoms with Crippen molar-refractivity contribution in [1.29, 1.82) is 0 Å². The molecule has 0 spiro atoms. The zero-order chi connectivity index (χ0) is 12.5. The molecule has 1 fully saturated rings. The molecule has 7 heteroatoms. The van der Waals surface area contributed by atoms with E-state index in [9.17, 15) is 4.79 Å². The molecule has 1 unspecified atom stereocenters. The average molecular weight is 256 g/mol. The van der Waals surface area contributed by atoms with Crippen molar-refractivity contribution in [3.8, 4) is 0 Å². The second kappa shape index (κ2) is 4.64. The van der Waals surface area contributed by atoms with E-state index in [0.29, 0.717) is 12.5 Å². The summed E-state index contributed by atoms with van der Waals surface area (Å²) >= 11 is 1.89. The van der Waals surface area contributed by atoms with E-state index in [0.717, 1.165) is 23.8 Å².